The summed E-state index contributed by atoms with van der Waals surface area (Å²) >= 11 is 0. The smallest absolute Gasteiger partial charge is 0.168 e. The SMILES string of the molecule is COc1c(F)cc(F)c(O)c1CC1CCCNC1. The van der Waals surface area contributed by atoms with Crippen LogP contribution in [0.3, 0.4) is 0 Å². The second kappa shape index (κ2) is 5.52. The van der Waals surface area contributed by atoms with Gasteiger partial charge in [0.1, 0.15) is 0 Å². The predicted molar refractivity (Wildman–Crippen MR) is 63.9 cm³/mol. The number of methoxy groups -OCH3 is 1. The van der Waals surface area contributed by atoms with Crippen LogP contribution in [0, 0.1) is 17.6 Å². The van der Waals surface area contributed by atoms with E-state index in [0.717, 1.165) is 25.9 Å². The van der Waals surface area contributed by atoms with Gasteiger partial charge in [-0.15, -0.1) is 0 Å². The monoisotopic (exact) mass is 257 g/mol. The zero-order valence-corrected chi connectivity index (χ0v) is 10.3. The van der Waals surface area contributed by atoms with Crippen LogP contribution in [0.1, 0.15) is 18.4 Å². The fraction of sp³-hybridized carbons (Fsp3) is 0.538. The first kappa shape index (κ1) is 13.1. The van der Waals surface area contributed by atoms with E-state index in [1.165, 1.54) is 7.11 Å². The number of halogens is 2. The highest BCUT2D eigenvalue weighted by Gasteiger charge is 2.23. The molecule has 1 unspecified atom stereocenters. The minimum atomic E-state index is -0.938. The number of rotatable bonds is 3. The summed E-state index contributed by atoms with van der Waals surface area (Å²) in [6.07, 6.45) is 2.43. The lowest BCUT2D eigenvalue weighted by Gasteiger charge is -2.24. The number of hydrogen-bond acceptors (Lipinski definition) is 3. The molecule has 1 aromatic carbocycles. The Bertz CT molecular complexity index is 431. The van der Waals surface area contributed by atoms with Gasteiger partial charge in [0, 0.05) is 11.6 Å². The van der Waals surface area contributed by atoms with E-state index in [4.69, 9.17) is 4.74 Å². The molecule has 0 radical (unpaired) electrons. The molecule has 0 bridgehead atoms. The zero-order chi connectivity index (χ0) is 13.1. The molecule has 1 saturated heterocycles. The molecule has 1 aliphatic rings. The van der Waals surface area contributed by atoms with Crippen LogP contribution in [0.25, 0.3) is 0 Å². The molecule has 0 aliphatic carbocycles. The van der Waals surface area contributed by atoms with E-state index in [1.54, 1.807) is 0 Å². The first-order chi connectivity index (χ1) is 8.63. The van der Waals surface area contributed by atoms with Crippen LogP contribution >= 0.6 is 0 Å². The largest absolute Gasteiger partial charge is 0.505 e. The number of nitrogens with one attached hydrogen (secondary N) is 1. The Kier molecular flexibility index (Phi) is 4.01. The normalized spacial score (nSPS) is 19.8. The quantitative estimate of drug-likeness (QED) is 0.872. The van der Waals surface area contributed by atoms with Crippen LogP contribution in [0.15, 0.2) is 6.07 Å². The highest BCUT2D eigenvalue weighted by molar-refractivity contribution is 5.46. The molecule has 0 amide bonds. The maximum atomic E-state index is 13.6. The molecule has 1 aliphatic heterocycles. The molecular formula is C13H17F2NO2. The van der Waals surface area contributed by atoms with Crippen LogP contribution in [0.2, 0.25) is 0 Å². The Morgan fingerprint density at radius 2 is 2.22 bits per heavy atom. The summed E-state index contributed by atoms with van der Waals surface area (Å²) in [5.41, 5.74) is 0.226. The molecule has 0 spiro atoms. The van der Waals surface area contributed by atoms with Gasteiger partial charge in [-0.3, -0.25) is 0 Å². The van der Waals surface area contributed by atoms with Crippen molar-refractivity contribution in [2.45, 2.75) is 19.3 Å². The lowest BCUT2D eigenvalue weighted by atomic mass is 9.91. The van der Waals surface area contributed by atoms with Crippen molar-refractivity contribution in [3.05, 3.63) is 23.3 Å². The van der Waals surface area contributed by atoms with Crippen molar-refractivity contribution in [2.24, 2.45) is 5.92 Å². The van der Waals surface area contributed by atoms with Crippen molar-refractivity contribution in [1.82, 2.24) is 5.32 Å². The van der Waals surface area contributed by atoms with Crippen molar-refractivity contribution in [1.29, 1.82) is 0 Å². The van der Waals surface area contributed by atoms with E-state index >= 15 is 0 Å². The summed E-state index contributed by atoms with van der Waals surface area (Å²) < 4.78 is 31.8. The van der Waals surface area contributed by atoms with Crippen molar-refractivity contribution in [3.8, 4) is 11.5 Å². The number of phenols is 1. The molecule has 1 fully saturated rings. The second-order valence-electron chi connectivity index (χ2n) is 4.62. The van der Waals surface area contributed by atoms with Gasteiger partial charge in [-0.05, 0) is 38.3 Å². The maximum Gasteiger partial charge on any atom is 0.168 e. The highest BCUT2D eigenvalue weighted by Crippen LogP contribution is 2.35. The zero-order valence-electron chi connectivity index (χ0n) is 10.3. The van der Waals surface area contributed by atoms with Crippen molar-refractivity contribution in [3.63, 3.8) is 0 Å². The van der Waals surface area contributed by atoms with Gasteiger partial charge in [0.2, 0.25) is 0 Å². The fourth-order valence-electron chi connectivity index (χ4n) is 2.44. The van der Waals surface area contributed by atoms with Gasteiger partial charge in [-0.25, -0.2) is 8.78 Å². The lowest BCUT2D eigenvalue weighted by Crippen LogP contribution is -2.31. The third-order valence-electron chi connectivity index (χ3n) is 3.35. The van der Waals surface area contributed by atoms with Gasteiger partial charge in [-0.2, -0.15) is 0 Å². The second-order valence-corrected chi connectivity index (χ2v) is 4.62. The third-order valence-corrected chi connectivity index (χ3v) is 3.35. The molecule has 1 aromatic rings. The molecule has 0 aromatic heterocycles. The number of phenolic OH excluding ortho intramolecular Hbond substituents is 1. The standard InChI is InChI=1S/C13H17F2NO2/c1-18-13-9(5-8-3-2-4-16-7-8)12(17)10(14)6-11(13)15/h6,8,16-17H,2-5,7H2,1H3. The fourth-order valence-corrected chi connectivity index (χ4v) is 2.44. The average Bonchev–Trinajstić information content (AvgIpc) is 2.37. The van der Waals surface area contributed by atoms with E-state index in [0.29, 0.717) is 12.5 Å². The number of benzene rings is 1. The molecule has 18 heavy (non-hydrogen) atoms. The number of piperidine rings is 1. The Labute approximate surface area is 105 Å². The first-order valence-corrected chi connectivity index (χ1v) is 6.08. The Balaban J connectivity index is 2.29. The highest BCUT2D eigenvalue weighted by atomic mass is 19.1. The van der Waals surface area contributed by atoms with Crippen molar-refractivity contribution < 1.29 is 18.6 Å². The number of ether oxygens (including phenoxy) is 1. The molecule has 3 nitrogen and oxygen atoms in total. The van der Waals surface area contributed by atoms with Crippen LogP contribution in [-0.2, 0) is 6.42 Å². The van der Waals surface area contributed by atoms with Crippen molar-refractivity contribution >= 4 is 0 Å². The molecular weight excluding hydrogens is 240 g/mol. The van der Waals surface area contributed by atoms with Crippen LogP contribution in [0.5, 0.6) is 11.5 Å². The summed E-state index contributed by atoms with van der Waals surface area (Å²) in [5.74, 6) is -2.00. The van der Waals surface area contributed by atoms with Gasteiger partial charge in [0.05, 0.1) is 7.11 Å². The number of aromatic hydroxyl groups is 1. The summed E-state index contributed by atoms with van der Waals surface area (Å²) in [7, 11) is 1.32. The van der Waals surface area contributed by atoms with Gasteiger partial charge in [-0.1, -0.05) is 0 Å². The molecule has 5 heteroatoms. The minimum absolute atomic E-state index is 0.0560. The third kappa shape index (κ3) is 2.56. The first-order valence-electron chi connectivity index (χ1n) is 6.08. The van der Waals surface area contributed by atoms with E-state index < -0.39 is 17.4 Å². The Morgan fingerprint density at radius 1 is 1.44 bits per heavy atom. The van der Waals surface area contributed by atoms with Gasteiger partial charge >= 0.3 is 0 Å². The Morgan fingerprint density at radius 3 is 2.83 bits per heavy atom. The van der Waals surface area contributed by atoms with E-state index in [9.17, 15) is 13.9 Å². The van der Waals surface area contributed by atoms with Gasteiger partial charge in [0.15, 0.2) is 23.1 Å². The summed E-state index contributed by atoms with van der Waals surface area (Å²) in [5, 5.41) is 13.0. The van der Waals surface area contributed by atoms with E-state index in [-0.39, 0.29) is 17.2 Å². The summed E-state index contributed by atoms with van der Waals surface area (Å²) in [6.45, 7) is 1.76. The molecule has 100 valence electrons. The summed E-state index contributed by atoms with van der Waals surface area (Å²) in [6, 6.07) is 0.650. The maximum absolute atomic E-state index is 13.6. The molecule has 2 N–H and O–H groups in total. The Hall–Kier alpha value is -1.36. The van der Waals surface area contributed by atoms with Crippen LogP contribution in [0.4, 0.5) is 8.78 Å². The summed E-state index contributed by atoms with van der Waals surface area (Å²) in [4.78, 5) is 0. The van der Waals surface area contributed by atoms with Crippen molar-refractivity contribution in [2.75, 3.05) is 20.2 Å². The van der Waals surface area contributed by atoms with Gasteiger partial charge in [0.25, 0.3) is 0 Å². The molecule has 0 saturated carbocycles. The van der Waals surface area contributed by atoms with E-state index in [1.807, 2.05) is 0 Å². The minimum Gasteiger partial charge on any atom is -0.505 e. The topological polar surface area (TPSA) is 41.5 Å². The average molecular weight is 257 g/mol. The van der Waals surface area contributed by atoms with Crippen LogP contribution < -0.4 is 10.1 Å². The molecule has 2 rings (SSSR count). The van der Waals surface area contributed by atoms with Gasteiger partial charge < -0.3 is 15.2 Å². The molecule has 1 heterocycles. The lowest BCUT2D eigenvalue weighted by molar-refractivity contribution is 0.337. The van der Waals surface area contributed by atoms with Crippen LogP contribution in [-0.4, -0.2) is 25.3 Å². The van der Waals surface area contributed by atoms with E-state index in [2.05, 4.69) is 5.32 Å². The predicted octanol–water partition coefficient (Wildman–Crippen LogP) is 2.22. The molecule has 1 atom stereocenters. The number of hydrogen-bond donors (Lipinski definition) is 2.